The van der Waals surface area contributed by atoms with Crippen molar-refractivity contribution in [3.8, 4) is 5.75 Å². The van der Waals surface area contributed by atoms with Crippen LogP contribution in [0.5, 0.6) is 5.75 Å². The first kappa shape index (κ1) is 17.5. The van der Waals surface area contributed by atoms with E-state index in [1.807, 2.05) is 42.2 Å². The molecule has 134 valence electrons. The number of benzene rings is 2. The maximum Gasteiger partial charge on any atom is 0.339 e. The number of amides is 2. The Balaban J connectivity index is 1.94. The largest absolute Gasteiger partial charge is 0.507 e. The van der Waals surface area contributed by atoms with Crippen LogP contribution < -0.4 is 9.80 Å². The quantitative estimate of drug-likeness (QED) is 0.799. The van der Waals surface area contributed by atoms with E-state index in [2.05, 4.69) is 0 Å². The first-order valence-corrected chi connectivity index (χ1v) is 8.18. The molecule has 0 aliphatic carbocycles. The number of aromatic carboxylic acids is 1. The van der Waals surface area contributed by atoms with Gasteiger partial charge in [0, 0.05) is 12.2 Å². The summed E-state index contributed by atoms with van der Waals surface area (Å²) in [6.07, 6.45) is 0.00481. The first-order chi connectivity index (χ1) is 12.4. The summed E-state index contributed by atoms with van der Waals surface area (Å²) < 4.78 is 0. The molecule has 1 fully saturated rings. The van der Waals surface area contributed by atoms with Crippen molar-refractivity contribution < 1.29 is 24.6 Å². The molecule has 0 bridgehead atoms. The molecule has 2 aromatic carbocycles. The number of phenols is 1. The van der Waals surface area contributed by atoms with Gasteiger partial charge in [0.25, 0.3) is 5.91 Å². The minimum absolute atomic E-state index is 0.00481. The second kappa shape index (κ2) is 6.87. The Morgan fingerprint density at radius 1 is 1.19 bits per heavy atom. The number of rotatable bonds is 5. The van der Waals surface area contributed by atoms with Crippen molar-refractivity contribution in [3.63, 3.8) is 0 Å². The highest BCUT2D eigenvalue weighted by atomic mass is 16.4. The molecule has 26 heavy (non-hydrogen) atoms. The Morgan fingerprint density at radius 2 is 1.88 bits per heavy atom. The molecule has 3 rings (SSSR count). The summed E-state index contributed by atoms with van der Waals surface area (Å²) in [5.74, 6) is -2.57. The number of aromatic hydroxyl groups is 1. The highest BCUT2D eigenvalue weighted by Crippen LogP contribution is 2.31. The minimum atomic E-state index is -1.33. The fourth-order valence-corrected chi connectivity index (χ4v) is 3.17. The maximum absolute atomic E-state index is 12.9. The van der Waals surface area contributed by atoms with E-state index >= 15 is 0 Å². The third-order valence-electron chi connectivity index (χ3n) is 4.40. The number of carboxylic acid groups (broad SMARTS) is 1. The Morgan fingerprint density at radius 3 is 2.50 bits per heavy atom. The van der Waals surface area contributed by atoms with E-state index < -0.39 is 29.6 Å². The van der Waals surface area contributed by atoms with Gasteiger partial charge >= 0.3 is 5.97 Å². The van der Waals surface area contributed by atoms with Crippen LogP contribution in [0.2, 0.25) is 0 Å². The topological polar surface area (TPSA) is 98.2 Å². The summed E-state index contributed by atoms with van der Waals surface area (Å²) in [6, 6.07) is 12.3. The lowest BCUT2D eigenvalue weighted by Gasteiger charge is -2.28. The van der Waals surface area contributed by atoms with Crippen LogP contribution >= 0.6 is 0 Å². The predicted octanol–water partition coefficient (Wildman–Crippen LogP) is 2.25. The fraction of sp³-hybridized carbons (Fsp3) is 0.211. The summed E-state index contributed by atoms with van der Waals surface area (Å²) in [4.78, 5) is 39.4. The van der Waals surface area contributed by atoms with E-state index in [1.54, 1.807) is 0 Å². The molecular formula is C19H18N2O5. The van der Waals surface area contributed by atoms with Crippen LogP contribution in [0.25, 0.3) is 0 Å². The van der Waals surface area contributed by atoms with Crippen molar-refractivity contribution in [2.75, 3.05) is 16.3 Å². The van der Waals surface area contributed by atoms with Crippen LogP contribution in [0.3, 0.4) is 0 Å². The number of nitrogens with zero attached hydrogens (tertiary/aromatic N) is 2. The summed E-state index contributed by atoms with van der Waals surface area (Å²) in [5.41, 5.74) is 0.615. The van der Waals surface area contributed by atoms with E-state index in [9.17, 15) is 19.5 Å². The summed E-state index contributed by atoms with van der Waals surface area (Å²) >= 11 is 0. The number of carboxylic acids is 1. The standard InChI is InChI=1S/C19H18N2O5/c1-2-20(12-6-4-3-5-7-12)15-11-17(23)21(18(15)24)13-8-9-16(22)14(10-13)19(25)26/h3-10,15,22H,2,11H2,1H3,(H,25,26). The second-order valence-electron chi connectivity index (χ2n) is 5.92. The van der Waals surface area contributed by atoms with Crippen molar-refractivity contribution in [3.05, 3.63) is 54.1 Å². The van der Waals surface area contributed by atoms with E-state index in [1.165, 1.54) is 12.1 Å². The lowest BCUT2D eigenvalue weighted by molar-refractivity contribution is -0.121. The molecule has 0 aromatic heterocycles. The van der Waals surface area contributed by atoms with E-state index in [0.717, 1.165) is 16.7 Å². The van der Waals surface area contributed by atoms with Crippen LogP contribution in [0.1, 0.15) is 23.7 Å². The van der Waals surface area contributed by atoms with Gasteiger partial charge in [0.1, 0.15) is 17.4 Å². The Bertz CT molecular complexity index is 865. The van der Waals surface area contributed by atoms with Gasteiger partial charge < -0.3 is 15.1 Å². The molecule has 7 heteroatoms. The monoisotopic (exact) mass is 354 g/mol. The summed E-state index contributed by atoms with van der Waals surface area (Å²) in [7, 11) is 0. The van der Waals surface area contributed by atoms with Crippen LogP contribution in [-0.2, 0) is 9.59 Å². The molecule has 7 nitrogen and oxygen atoms in total. The molecule has 2 N–H and O–H groups in total. The Hall–Kier alpha value is -3.35. The number of para-hydroxylation sites is 1. The maximum atomic E-state index is 12.9. The van der Waals surface area contributed by atoms with Gasteiger partial charge in [-0.15, -0.1) is 0 Å². The van der Waals surface area contributed by atoms with Gasteiger partial charge in [-0.3, -0.25) is 9.59 Å². The zero-order valence-electron chi connectivity index (χ0n) is 14.1. The molecule has 0 saturated carbocycles. The number of hydrogen-bond acceptors (Lipinski definition) is 5. The van der Waals surface area contributed by atoms with Gasteiger partial charge in [0.2, 0.25) is 5.91 Å². The molecule has 2 aromatic rings. The number of carbonyl (C=O) groups excluding carboxylic acids is 2. The highest BCUT2D eigenvalue weighted by molar-refractivity contribution is 6.23. The summed E-state index contributed by atoms with van der Waals surface area (Å²) in [6.45, 7) is 2.44. The summed E-state index contributed by atoms with van der Waals surface area (Å²) in [5, 5.41) is 18.8. The van der Waals surface area contributed by atoms with Gasteiger partial charge in [-0.2, -0.15) is 0 Å². The van der Waals surface area contributed by atoms with Crippen molar-refractivity contribution in [1.29, 1.82) is 0 Å². The van der Waals surface area contributed by atoms with Crippen molar-refractivity contribution >= 4 is 29.2 Å². The van der Waals surface area contributed by atoms with E-state index in [0.29, 0.717) is 6.54 Å². The molecule has 1 unspecified atom stereocenters. The van der Waals surface area contributed by atoms with Crippen LogP contribution in [0.15, 0.2) is 48.5 Å². The van der Waals surface area contributed by atoms with Crippen LogP contribution in [0.4, 0.5) is 11.4 Å². The molecule has 1 atom stereocenters. The van der Waals surface area contributed by atoms with Crippen LogP contribution in [-0.4, -0.2) is 40.6 Å². The van der Waals surface area contributed by atoms with E-state index in [4.69, 9.17) is 5.11 Å². The normalized spacial score (nSPS) is 16.8. The van der Waals surface area contributed by atoms with Gasteiger partial charge in [0.05, 0.1) is 12.1 Å². The SMILES string of the molecule is CCN(c1ccccc1)C1CC(=O)N(c2ccc(O)c(C(=O)O)c2)C1=O. The van der Waals surface area contributed by atoms with Gasteiger partial charge in [-0.05, 0) is 37.3 Å². The number of likely N-dealkylation sites (N-methyl/N-ethyl adjacent to an activating group) is 1. The number of hydrogen-bond donors (Lipinski definition) is 2. The number of anilines is 2. The first-order valence-electron chi connectivity index (χ1n) is 8.18. The van der Waals surface area contributed by atoms with Crippen molar-refractivity contribution in [1.82, 2.24) is 0 Å². The molecule has 2 amide bonds. The molecule has 1 heterocycles. The molecule has 1 aliphatic heterocycles. The Kier molecular flexibility index (Phi) is 4.62. The average molecular weight is 354 g/mol. The van der Waals surface area contributed by atoms with Gasteiger partial charge in [0.15, 0.2) is 0 Å². The smallest absolute Gasteiger partial charge is 0.339 e. The van der Waals surface area contributed by atoms with Crippen LogP contribution in [0, 0.1) is 0 Å². The molecule has 0 radical (unpaired) electrons. The zero-order valence-corrected chi connectivity index (χ0v) is 14.1. The third-order valence-corrected chi connectivity index (χ3v) is 4.40. The zero-order chi connectivity index (χ0) is 18.8. The second-order valence-corrected chi connectivity index (χ2v) is 5.92. The average Bonchev–Trinajstić information content (AvgIpc) is 2.91. The van der Waals surface area contributed by atoms with E-state index in [-0.39, 0.29) is 17.7 Å². The number of carbonyl (C=O) groups is 3. The molecule has 0 spiro atoms. The van der Waals surface area contributed by atoms with Gasteiger partial charge in [-0.25, -0.2) is 9.69 Å². The minimum Gasteiger partial charge on any atom is -0.507 e. The molecule has 1 saturated heterocycles. The highest BCUT2D eigenvalue weighted by Gasteiger charge is 2.42. The van der Waals surface area contributed by atoms with Crippen molar-refractivity contribution in [2.24, 2.45) is 0 Å². The Labute approximate surface area is 150 Å². The fourth-order valence-electron chi connectivity index (χ4n) is 3.17. The molecular weight excluding hydrogens is 336 g/mol. The van der Waals surface area contributed by atoms with Gasteiger partial charge in [-0.1, -0.05) is 18.2 Å². The van der Waals surface area contributed by atoms with Crippen molar-refractivity contribution in [2.45, 2.75) is 19.4 Å². The number of imide groups is 1. The predicted molar refractivity (Wildman–Crippen MR) is 95.4 cm³/mol. The lowest BCUT2D eigenvalue weighted by atomic mass is 10.1. The molecule has 1 aliphatic rings. The third kappa shape index (κ3) is 2.99. The lowest BCUT2D eigenvalue weighted by Crippen LogP contribution is -2.42.